The zero-order valence-corrected chi connectivity index (χ0v) is 18.3. The molecule has 0 radical (unpaired) electrons. The number of thioether (sulfide) groups is 1. The molecule has 0 fully saturated rings. The maximum Gasteiger partial charge on any atom is 0.186 e. The summed E-state index contributed by atoms with van der Waals surface area (Å²) in [6, 6.07) is 17.9. The molecule has 0 amide bonds. The normalized spacial score (nSPS) is 11.5. The highest BCUT2D eigenvalue weighted by molar-refractivity contribution is 7.98. The lowest BCUT2D eigenvalue weighted by atomic mass is 10.00. The van der Waals surface area contributed by atoms with Gasteiger partial charge in [0.2, 0.25) is 0 Å². The maximum absolute atomic E-state index is 5.17. The molecule has 28 heavy (non-hydrogen) atoms. The van der Waals surface area contributed by atoms with Crippen molar-refractivity contribution in [1.29, 1.82) is 0 Å². The van der Waals surface area contributed by atoms with E-state index in [1.54, 1.807) is 25.9 Å². The molecule has 2 aromatic rings. The summed E-state index contributed by atoms with van der Waals surface area (Å²) in [7, 11) is 3.47. The lowest BCUT2D eigenvalue weighted by Crippen LogP contribution is -2.33. The number of hydrazone groups is 2. The molecule has 0 aliphatic rings. The van der Waals surface area contributed by atoms with Crippen molar-refractivity contribution in [3.8, 4) is 0 Å². The highest BCUT2D eigenvalue weighted by Gasteiger charge is 2.16. The van der Waals surface area contributed by atoms with Gasteiger partial charge in [-0.15, -0.1) is 11.8 Å². The van der Waals surface area contributed by atoms with Crippen LogP contribution in [0.2, 0.25) is 0 Å². The summed E-state index contributed by atoms with van der Waals surface area (Å²) in [6.45, 7) is 0. The monoisotopic (exact) mass is 430 g/mol. The molecule has 0 unspecified atom stereocenters. The Hall–Kier alpha value is -2.49. The Morgan fingerprint density at radius 3 is 1.64 bits per heavy atom. The van der Waals surface area contributed by atoms with Gasteiger partial charge in [0.05, 0.1) is 0 Å². The van der Waals surface area contributed by atoms with E-state index in [2.05, 4.69) is 31.7 Å². The van der Waals surface area contributed by atoms with Crippen molar-refractivity contribution >= 4 is 57.8 Å². The Bertz CT molecular complexity index is 863. The molecule has 4 N–H and O–H groups in total. The zero-order chi connectivity index (χ0) is 20.4. The molecule has 0 aromatic heterocycles. The lowest BCUT2D eigenvalue weighted by molar-refractivity contribution is 0.967. The number of nitrogens with one attached hydrogen (secondary N) is 4. The topological polar surface area (TPSA) is 72.8 Å². The van der Waals surface area contributed by atoms with Crippen LogP contribution in [0.4, 0.5) is 0 Å². The van der Waals surface area contributed by atoms with Gasteiger partial charge in [-0.05, 0) is 42.8 Å². The van der Waals surface area contributed by atoms with E-state index in [1.165, 1.54) is 0 Å². The molecule has 0 bridgehead atoms. The molecule has 0 saturated heterocycles. The largest absolute Gasteiger partial charge is 0.364 e. The Balaban J connectivity index is 2.55. The van der Waals surface area contributed by atoms with Crippen LogP contribution in [0, 0.1) is 0 Å². The summed E-state index contributed by atoms with van der Waals surface area (Å²) in [5.74, 6) is 0. The van der Waals surface area contributed by atoms with Gasteiger partial charge in [0.15, 0.2) is 10.2 Å². The fourth-order valence-corrected chi connectivity index (χ4v) is 2.68. The SMILES string of the molecule is CNC(=S)N/N=C(/C(=N/NC(=S)NC)c1ccc(SC)cc1)c1ccccc1. The number of hydrogen-bond acceptors (Lipinski definition) is 5. The number of rotatable bonds is 6. The summed E-state index contributed by atoms with van der Waals surface area (Å²) >= 11 is 12.0. The molecule has 0 spiro atoms. The molecule has 2 aromatic carbocycles. The van der Waals surface area contributed by atoms with Gasteiger partial charge >= 0.3 is 0 Å². The van der Waals surface area contributed by atoms with Crippen LogP contribution in [0.25, 0.3) is 0 Å². The third-order valence-electron chi connectivity index (χ3n) is 3.63. The van der Waals surface area contributed by atoms with E-state index < -0.39 is 0 Å². The highest BCUT2D eigenvalue weighted by Crippen LogP contribution is 2.17. The van der Waals surface area contributed by atoms with Crippen LogP contribution < -0.4 is 21.5 Å². The summed E-state index contributed by atoms with van der Waals surface area (Å²) in [5.41, 5.74) is 8.74. The van der Waals surface area contributed by atoms with E-state index >= 15 is 0 Å². The minimum absolute atomic E-state index is 0.407. The van der Waals surface area contributed by atoms with Gasteiger partial charge in [0.25, 0.3) is 0 Å². The summed E-state index contributed by atoms with van der Waals surface area (Å²) < 4.78 is 0. The molecule has 9 heteroatoms. The van der Waals surface area contributed by atoms with Gasteiger partial charge in [-0.3, -0.25) is 10.9 Å². The number of benzene rings is 2. The van der Waals surface area contributed by atoms with Gasteiger partial charge in [-0.2, -0.15) is 10.2 Å². The van der Waals surface area contributed by atoms with E-state index in [9.17, 15) is 0 Å². The second-order valence-corrected chi connectivity index (χ2v) is 7.09. The minimum atomic E-state index is 0.407. The standard InChI is InChI=1S/C19H22N6S3/c1-20-18(26)24-22-16(13-7-5-4-6-8-13)17(23-25-19(27)21-2)14-9-11-15(28-3)12-10-14/h4-12H,1-3H3,(H2,20,24,26)(H2,21,25,27)/b22-16+,23-17+. The first-order chi connectivity index (χ1) is 13.6. The Morgan fingerprint density at radius 1 is 0.750 bits per heavy atom. The fraction of sp³-hybridized carbons (Fsp3) is 0.158. The maximum atomic E-state index is 5.17. The van der Waals surface area contributed by atoms with Crippen molar-refractivity contribution in [2.45, 2.75) is 4.90 Å². The minimum Gasteiger partial charge on any atom is -0.364 e. The Labute approximate surface area is 180 Å². The van der Waals surface area contributed by atoms with E-state index in [0.29, 0.717) is 21.6 Å². The quantitative estimate of drug-likeness (QED) is 0.243. The van der Waals surface area contributed by atoms with Crippen molar-refractivity contribution in [3.63, 3.8) is 0 Å². The molecule has 0 aliphatic carbocycles. The summed E-state index contributed by atoms with van der Waals surface area (Å²) in [5, 5.41) is 15.5. The smallest absolute Gasteiger partial charge is 0.186 e. The van der Waals surface area contributed by atoms with E-state index in [0.717, 1.165) is 16.0 Å². The van der Waals surface area contributed by atoms with Crippen molar-refractivity contribution in [3.05, 3.63) is 65.7 Å². The number of thiocarbonyl (C=S) groups is 2. The molecular weight excluding hydrogens is 408 g/mol. The highest BCUT2D eigenvalue weighted by atomic mass is 32.2. The van der Waals surface area contributed by atoms with Crippen LogP contribution >= 0.6 is 36.2 Å². The second kappa shape index (κ2) is 11.4. The Kier molecular flexibility index (Phi) is 8.86. The molecule has 146 valence electrons. The number of hydrogen-bond donors (Lipinski definition) is 4. The van der Waals surface area contributed by atoms with Crippen LogP contribution in [0.3, 0.4) is 0 Å². The van der Waals surface area contributed by atoms with Crippen LogP contribution in [-0.2, 0) is 0 Å². The zero-order valence-electron chi connectivity index (χ0n) is 15.8. The first kappa shape index (κ1) is 21.8. The molecule has 6 nitrogen and oxygen atoms in total. The molecule has 0 atom stereocenters. The van der Waals surface area contributed by atoms with Crippen LogP contribution in [0.1, 0.15) is 11.1 Å². The van der Waals surface area contributed by atoms with Crippen molar-refractivity contribution in [2.75, 3.05) is 20.4 Å². The predicted octanol–water partition coefficient (Wildman–Crippen LogP) is 2.70. The number of nitrogens with zero attached hydrogens (tertiary/aromatic N) is 2. The molecule has 2 rings (SSSR count). The van der Waals surface area contributed by atoms with Gasteiger partial charge in [0, 0.05) is 30.1 Å². The van der Waals surface area contributed by atoms with Crippen LogP contribution in [0.5, 0.6) is 0 Å². The third-order valence-corrected chi connectivity index (χ3v) is 4.96. The average Bonchev–Trinajstić information content (AvgIpc) is 2.76. The van der Waals surface area contributed by atoms with E-state index in [-0.39, 0.29) is 0 Å². The summed E-state index contributed by atoms with van der Waals surface area (Å²) in [6.07, 6.45) is 2.04. The lowest BCUT2D eigenvalue weighted by Gasteiger charge is -2.13. The van der Waals surface area contributed by atoms with Gasteiger partial charge < -0.3 is 10.6 Å². The van der Waals surface area contributed by atoms with Crippen LogP contribution in [-0.4, -0.2) is 42.0 Å². The first-order valence-electron chi connectivity index (χ1n) is 8.40. The third kappa shape index (κ3) is 6.29. The van der Waals surface area contributed by atoms with Crippen LogP contribution in [0.15, 0.2) is 69.7 Å². The molecule has 0 aliphatic heterocycles. The summed E-state index contributed by atoms with van der Waals surface area (Å²) in [4.78, 5) is 1.16. The van der Waals surface area contributed by atoms with Gasteiger partial charge in [-0.1, -0.05) is 42.5 Å². The van der Waals surface area contributed by atoms with Crippen molar-refractivity contribution in [1.82, 2.24) is 21.5 Å². The molecular formula is C19H22N6S3. The van der Waals surface area contributed by atoms with Gasteiger partial charge in [0.1, 0.15) is 11.4 Å². The Morgan fingerprint density at radius 2 is 1.21 bits per heavy atom. The predicted molar refractivity (Wildman–Crippen MR) is 127 cm³/mol. The van der Waals surface area contributed by atoms with Crippen molar-refractivity contribution in [2.24, 2.45) is 10.2 Å². The van der Waals surface area contributed by atoms with E-state index in [1.807, 2.05) is 60.9 Å². The second-order valence-electron chi connectivity index (χ2n) is 5.40. The first-order valence-corrected chi connectivity index (χ1v) is 10.4. The van der Waals surface area contributed by atoms with Crippen molar-refractivity contribution < 1.29 is 0 Å². The van der Waals surface area contributed by atoms with E-state index in [4.69, 9.17) is 24.4 Å². The molecule has 0 heterocycles. The average molecular weight is 431 g/mol. The fourth-order valence-electron chi connectivity index (χ4n) is 2.18. The van der Waals surface area contributed by atoms with Gasteiger partial charge in [-0.25, -0.2) is 0 Å². The molecule has 0 saturated carbocycles.